The molecule has 2 atom stereocenters. The average molecular weight is 296 g/mol. The quantitative estimate of drug-likeness (QED) is 0.545. The highest BCUT2D eigenvalue weighted by molar-refractivity contribution is 7.44. The molecule has 0 aliphatic rings. The molecule has 0 radical (unpaired) electrons. The maximum absolute atomic E-state index is 11.9. The number of rotatable bonds is 8. The summed E-state index contributed by atoms with van der Waals surface area (Å²) in [6, 6.07) is 9.87. The maximum atomic E-state index is 11.9. The van der Waals surface area contributed by atoms with Gasteiger partial charge in [-0.15, -0.1) is 0 Å². The highest BCUT2D eigenvalue weighted by Crippen LogP contribution is 2.18. The molecule has 0 spiro atoms. The van der Waals surface area contributed by atoms with E-state index in [0.29, 0.717) is 19.6 Å². The second kappa shape index (κ2) is 9.65. The van der Waals surface area contributed by atoms with E-state index in [0.717, 1.165) is 12.0 Å². The molecular weight excluding hydrogens is 275 g/mol. The van der Waals surface area contributed by atoms with E-state index in [-0.39, 0.29) is 5.97 Å². The summed E-state index contributed by atoms with van der Waals surface area (Å²) in [5.41, 5.74) is 1.14. The third kappa shape index (κ3) is 6.29. The summed E-state index contributed by atoms with van der Waals surface area (Å²) in [6.07, 6.45) is 1.30. The highest BCUT2D eigenvalue weighted by Gasteiger charge is 2.21. The van der Waals surface area contributed by atoms with Gasteiger partial charge < -0.3 is 9.63 Å². The third-order valence-corrected chi connectivity index (χ3v) is 3.85. The van der Waals surface area contributed by atoms with Crippen molar-refractivity contribution in [3.63, 3.8) is 0 Å². The number of hydrogen-bond acceptors (Lipinski definition) is 4. The van der Waals surface area contributed by atoms with Crippen LogP contribution in [0.5, 0.6) is 0 Å². The van der Waals surface area contributed by atoms with Crippen molar-refractivity contribution >= 4 is 19.8 Å². The zero-order chi connectivity index (χ0) is 14.8. The lowest BCUT2D eigenvalue weighted by Gasteiger charge is -2.10. The van der Waals surface area contributed by atoms with Gasteiger partial charge in [-0.1, -0.05) is 30.3 Å². The zero-order valence-corrected chi connectivity index (χ0v) is 12.8. The standard InChI is InChI=1S/C15H21O4P/c1-3-18-15(16)14(12-20(17)19-4-2)11-10-13-8-6-5-7-9-13/h5-9,12,14H,3-4,10-11H2,1-2H3. The van der Waals surface area contributed by atoms with Gasteiger partial charge in [-0.05, 0) is 32.3 Å². The van der Waals surface area contributed by atoms with Gasteiger partial charge in [0.25, 0.3) is 0 Å². The number of carbonyl (C=O) groups is 1. The van der Waals surface area contributed by atoms with E-state index in [4.69, 9.17) is 9.26 Å². The number of hydrogen-bond donors (Lipinski definition) is 0. The molecule has 1 aromatic carbocycles. The Labute approximate surface area is 121 Å². The molecule has 1 aromatic rings. The van der Waals surface area contributed by atoms with Crippen LogP contribution in [-0.2, 0) is 20.5 Å². The van der Waals surface area contributed by atoms with Gasteiger partial charge in [-0.2, -0.15) is 4.52 Å². The van der Waals surface area contributed by atoms with Crippen molar-refractivity contribution in [2.24, 2.45) is 5.92 Å². The Hall–Kier alpha value is -1.22. The van der Waals surface area contributed by atoms with Crippen LogP contribution in [0.2, 0.25) is 0 Å². The van der Waals surface area contributed by atoms with Crippen LogP contribution in [0, 0.1) is 5.92 Å². The van der Waals surface area contributed by atoms with Crippen LogP contribution < -0.4 is 4.89 Å². The molecule has 0 amide bonds. The van der Waals surface area contributed by atoms with Gasteiger partial charge in [0, 0.05) is 0 Å². The van der Waals surface area contributed by atoms with E-state index in [2.05, 4.69) is 0 Å². The lowest BCUT2D eigenvalue weighted by Crippen LogP contribution is -2.20. The van der Waals surface area contributed by atoms with Gasteiger partial charge >= 0.3 is 5.97 Å². The molecule has 2 unspecified atom stereocenters. The lowest BCUT2D eigenvalue weighted by molar-refractivity contribution is -0.172. The van der Waals surface area contributed by atoms with Gasteiger partial charge in [0.05, 0.1) is 13.2 Å². The molecule has 0 aliphatic heterocycles. The summed E-state index contributed by atoms with van der Waals surface area (Å²) in [5, 5.41) is 0. The first kappa shape index (κ1) is 16.8. The molecule has 1 rings (SSSR count). The first-order valence-electron chi connectivity index (χ1n) is 6.82. The Morgan fingerprint density at radius 3 is 2.60 bits per heavy atom. The van der Waals surface area contributed by atoms with Gasteiger partial charge in [0.1, 0.15) is 11.7 Å². The van der Waals surface area contributed by atoms with Crippen LogP contribution in [-0.4, -0.2) is 25.0 Å². The van der Waals surface area contributed by atoms with E-state index in [1.54, 1.807) is 13.8 Å². The molecular formula is C15H21O4P. The van der Waals surface area contributed by atoms with Crippen molar-refractivity contribution in [1.82, 2.24) is 0 Å². The molecule has 110 valence electrons. The van der Waals surface area contributed by atoms with Crippen LogP contribution >= 0.6 is 8.00 Å². The summed E-state index contributed by atoms with van der Waals surface area (Å²) in [7, 11) is -1.92. The van der Waals surface area contributed by atoms with Crippen LogP contribution in [0.25, 0.3) is 0 Å². The minimum absolute atomic E-state index is 0.319. The molecule has 0 aliphatic carbocycles. The smallest absolute Gasteiger partial charge is 0.316 e. The van der Waals surface area contributed by atoms with Crippen LogP contribution in [0.1, 0.15) is 25.8 Å². The Morgan fingerprint density at radius 1 is 1.30 bits per heavy atom. The fourth-order valence-corrected chi connectivity index (χ4v) is 2.69. The SMILES string of the molecule is CCOC(=O)C(C=[P+]([O-])OCC)CCc1ccccc1. The molecule has 5 heteroatoms. The largest absolute Gasteiger partial charge is 0.603 e. The first-order valence-corrected chi connectivity index (χ1v) is 8.06. The predicted octanol–water partition coefficient (Wildman–Crippen LogP) is 2.31. The van der Waals surface area contributed by atoms with Crippen LogP contribution in [0.3, 0.4) is 0 Å². The number of ether oxygens (including phenoxy) is 1. The fraction of sp³-hybridized carbons (Fsp3) is 0.467. The number of benzene rings is 1. The maximum Gasteiger partial charge on any atom is 0.316 e. The number of esters is 1. The Bertz CT molecular complexity index is 431. The van der Waals surface area contributed by atoms with Gasteiger partial charge in [-0.3, -0.25) is 4.79 Å². The molecule has 4 nitrogen and oxygen atoms in total. The summed E-state index contributed by atoms with van der Waals surface area (Å²) < 4.78 is 10.0. The van der Waals surface area contributed by atoms with Crippen molar-refractivity contribution in [2.75, 3.05) is 13.2 Å². The first-order chi connectivity index (χ1) is 9.67. The van der Waals surface area contributed by atoms with E-state index < -0.39 is 13.9 Å². The molecule has 0 saturated heterocycles. The minimum Gasteiger partial charge on any atom is -0.603 e. The monoisotopic (exact) mass is 296 g/mol. The Morgan fingerprint density at radius 2 is 2.00 bits per heavy atom. The van der Waals surface area contributed by atoms with Crippen molar-refractivity contribution in [1.29, 1.82) is 0 Å². The summed E-state index contributed by atoms with van der Waals surface area (Å²) >= 11 is 0. The van der Waals surface area contributed by atoms with E-state index in [1.807, 2.05) is 30.3 Å². The van der Waals surface area contributed by atoms with E-state index >= 15 is 0 Å². The van der Waals surface area contributed by atoms with Gasteiger partial charge in [0.2, 0.25) is 8.00 Å². The summed E-state index contributed by atoms with van der Waals surface area (Å²) in [6.45, 7) is 4.21. The fourth-order valence-electron chi connectivity index (χ4n) is 1.79. The molecule has 0 fully saturated rings. The van der Waals surface area contributed by atoms with Crippen molar-refractivity contribution in [3.05, 3.63) is 35.9 Å². The van der Waals surface area contributed by atoms with Gasteiger partial charge in [0.15, 0.2) is 0 Å². The molecule has 0 saturated carbocycles. The van der Waals surface area contributed by atoms with Gasteiger partial charge in [-0.25, -0.2) is 0 Å². The second-order valence-corrected chi connectivity index (χ2v) is 5.36. The van der Waals surface area contributed by atoms with E-state index in [9.17, 15) is 9.69 Å². The second-order valence-electron chi connectivity index (χ2n) is 4.24. The minimum atomic E-state index is -1.92. The van der Waals surface area contributed by atoms with E-state index in [1.165, 1.54) is 5.80 Å². The molecule has 0 aromatic heterocycles. The average Bonchev–Trinajstić information content (AvgIpc) is 2.45. The third-order valence-electron chi connectivity index (χ3n) is 2.73. The van der Waals surface area contributed by atoms with Crippen molar-refractivity contribution in [3.8, 4) is 0 Å². The molecule has 0 heterocycles. The Balaban J connectivity index is 2.67. The highest BCUT2D eigenvalue weighted by atomic mass is 31.1. The topological polar surface area (TPSA) is 58.6 Å². The van der Waals surface area contributed by atoms with Crippen molar-refractivity contribution < 1.29 is 18.9 Å². The van der Waals surface area contributed by atoms with Crippen LogP contribution in [0.15, 0.2) is 30.3 Å². The molecule has 0 bridgehead atoms. The Kier molecular flexibility index (Phi) is 8.12. The molecule has 0 N–H and O–H groups in total. The normalized spacial score (nSPS) is 13.1. The zero-order valence-electron chi connectivity index (χ0n) is 12.0. The lowest BCUT2D eigenvalue weighted by atomic mass is 10.0. The summed E-state index contributed by atoms with van der Waals surface area (Å²) in [5.74, 6) is 0.622. The summed E-state index contributed by atoms with van der Waals surface area (Å²) in [4.78, 5) is 23.5. The van der Waals surface area contributed by atoms with Crippen molar-refractivity contribution in [2.45, 2.75) is 26.7 Å². The molecule has 20 heavy (non-hydrogen) atoms. The number of aryl methyl sites for hydroxylation is 1. The van der Waals surface area contributed by atoms with Crippen LogP contribution in [0.4, 0.5) is 0 Å². The number of carbonyl (C=O) groups excluding carboxylic acids is 1. The predicted molar refractivity (Wildman–Crippen MR) is 79.5 cm³/mol.